The van der Waals surface area contributed by atoms with Crippen LogP contribution >= 0.6 is 0 Å². The number of rotatable bonds is 1. The van der Waals surface area contributed by atoms with Gasteiger partial charge in [0.2, 0.25) is 0 Å². The van der Waals surface area contributed by atoms with E-state index in [2.05, 4.69) is 60.7 Å². The predicted octanol–water partition coefficient (Wildman–Crippen LogP) is 6.14. The van der Waals surface area contributed by atoms with Crippen molar-refractivity contribution >= 4 is 16.7 Å². The minimum atomic E-state index is -0.186. The molecule has 3 fully saturated rings. The monoisotopic (exact) mass is 404 g/mol. The van der Waals surface area contributed by atoms with Crippen LogP contribution in [0.15, 0.2) is 36.7 Å². The molecular weight excluding hydrogens is 368 g/mol. The Bertz CT molecular complexity index is 1010. The third-order valence-electron chi connectivity index (χ3n) is 10.1. The van der Waals surface area contributed by atoms with E-state index in [1.165, 1.54) is 43.3 Å². The summed E-state index contributed by atoms with van der Waals surface area (Å²) in [5, 5.41) is 11.7. The fourth-order valence-electron chi connectivity index (χ4n) is 8.67. The molecule has 0 radical (unpaired) electrons. The first-order valence-electron chi connectivity index (χ1n) is 12.2. The van der Waals surface area contributed by atoms with Crippen molar-refractivity contribution in [2.75, 3.05) is 0 Å². The number of hydrogen-bond donors (Lipinski definition) is 1. The van der Waals surface area contributed by atoms with Crippen LogP contribution < -0.4 is 0 Å². The van der Waals surface area contributed by atoms with E-state index in [9.17, 15) is 5.11 Å². The second-order valence-corrected chi connectivity index (χ2v) is 11.6. The van der Waals surface area contributed by atoms with E-state index < -0.39 is 0 Å². The maximum atomic E-state index is 11.7. The molecule has 0 spiro atoms. The Hall–Kier alpha value is -1.61. The summed E-state index contributed by atoms with van der Waals surface area (Å²) in [6.07, 6.45) is 13.0. The van der Waals surface area contributed by atoms with Gasteiger partial charge in [-0.3, -0.25) is 0 Å². The molecule has 4 aliphatic carbocycles. The maximum Gasteiger partial charge on any atom is 0.100 e. The van der Waals surface area contributed by atoms with Gasteiger partial charge in [-0.1, -0.05) is 45.4 Å². The van der Waals surface area contributed by atoms with Gasteiger partial charge in [-0.15, -0.1) is 0 Å². The van der Waals surface area contributed by atoms with Crippen LogP contribution in [0, 0.1) is 40.4 Å². The van der Waals surface area contributed by atoms with Crippen LogP contribution in [0.5, 0.6) is 0 Å². The van der Waals surface area contributed by atoms with Crippen molar-refractivity contribution in [2.45, 2.75) is 71.8 Å². The predicted molar refractivity (Wildman–Crippen MR) is 122 cm³/mol. The van der Waals surface area contributed by atoms with E-state index in [0.29, 0.717) is 23.2 Å². The molecule has 0 saturated heterocycles. The molecule has 1 heterocycles. The average Bonchev–Trinajstić information content (AvgIpc) is 3.28. The smallest absolute Gasteiger partial charge is 0.100 e. The number of benzene rings is 1. The van der Waals surface area contributed by atoms with Crippen molar-refractivity contribution in [2.24, 2.45) is 40.4 Å². The molecule has 2 aromatic rings. The van der Waals surface area contributed by atoms with E-state index in [1.54, 1.807) is 0 Å². The Kier molecular flexibility index (Phi) is 4.11. The van der Waals surface area contributed by atoms with E-state index >= 15 is 0 Å². The number of para-hydroxylation sites is 2. The van der Waals surface area contributed by atoms with Crippen molar-refractivity contribution in [3.05, 3.63) is 36.7 Å². The van der Waals surface area contributed by atoms with Gasteiger partial charge in [-0.05, 0) is 85.7 Å². The second-order valence-electron chi connectivity index (χ2n) is 11.6. The molecule has 8 atom stereocenters. The summed E-state index contributed by atoms with van der Waals surface area (Å²) in [7, 11) is 0. The van der Waals surface area contributed by atoms with Gasteiger partial charge in [0, 0.05) is 11.1 Å². The van der Waals surface area contributed by atoms with Crippen molar-refractivity contribution in [1.29, 1.82) is 0 Å². The summed E-state index contributed by atoms with van der Waals surface area (Å²) in [4.78, 5) is 4.66. The van der Waals surface area contributed by atoms with E-state index in [0.717, 1.165) is 30.2 Å². The van der Waals surface area contributed by atoms with Crippen molar-refractivity contribution < 1.29 is 5.11 Å². The largest absolute Gasteiger partial charge is 0.393 e. The van der Waals surface area contributed by atoms with E-state index in [-0.39, 0.29) is 11.5 Å². The summed E-state index contributed by atoms with van der Waals surface area (Å²) >= 11 is 0. The molecule has 1 N–H and O–H groups in total. The highest BCUT2D eigenvalue weighted by Crippen LogP contribution is 2.67. The molecule has 0 amide bonds. The number of aliphatic hydroxyl groups excluding tert-OH is 1. The summed E-state index contributed by atoms with van der Waals surface area (Å²) in [6, 6.07) is 8.44. The lowest BCUT2D eigenvalue weighted by atomic mass is 9.44. The fraction of sp³-hybridized carbons (Fsp3) is 0.667. The first-order valence-corrected chi connectivity index (χ1v) is 12.2. The molecule has 3 nitrogen and oxygen atoms in total. The summed E-state index contributed by atoms with van der Waals surface area (Å²) in [5.41, 5.74) is 4.00. The second kappa shape index (κ2) is 6.45. The Morgan fingerprint density at radius 2 is 1.97 bits per heavy atom. The molecule has 5 unspecified atom stereocenters. The number of nitrogens with zero attached hydrogens (tertiary/aromatic N) is 2. The Balaban J connectivity index is 1.37. The highest BCUT2D eigenvalue weighted by atomic mass is 16.3. The summed E-state index contributed by atoms with van der Waals surface area (Å²) in [5.74, 6) is 3.46. The zero-order valence-corrected chi connectivity index (χ0v) is 18.7. The van der Waals surface area contributed by atoms with Crippen LogP contribution in [0.25, 0.3) is 16.7 Å². The van der Waals surface area contributed by atoms with Gasteiger partial charge in [0.1, 0.15) is 6.33 Å². The maximum absolute atomic E-state index is 11.7. The molecule has 3 saturated carbocycles. The molecule has 3 heteroatoms. The number of aromatic nitrogens is 2. The molecular formula is C27H36N2O. The number of hydrogen-bond acceptors (Lipinski definition) is 2. The van der Waals surface area contributed by atoms with Gasteiger partial charge in [0.05, 0.1) is 17.1 Å². The standard InChI is InChI=1S/C27H36N2O/c1-17-12-13-26(2)18(14-17)8-9-19-20-10-11-24(27(20,3)15-23(30)25(19)26)29-16-28-21-6-4-5-7-22(21)29/h4-7,11,16-20,23,25,30H,8-10,12-15H2,1-3H3/t17-,18?,19?,20?,23?,25?,26+,27+/m1/s1. The lowest BCUT2D eigenvalue weighted by Crippen LogP contribution is -2.58. The number of aliphatic hydroxyl groups is 1. The van der Waals surface area contributed by atoms with Crippen molar-refractivity contribution in [3.63, 3.8) is 0 Å². The van der Waals surface area contributed by atoms with E-state index in [4.69, 9.17) is 0 Å². The topological polar surface area (TPSA) is 38.0 Å². The number of imidazole rings is 1. The average molecular weight is 405 g/mol. The van der Waals surface area contributed by atoms with Crippen molar-refractivity contribution in [3.8, 4) is 0 Å². The Morgan fingerprint density at radius 1 is 1.13 bits per heavy atom. The quantitative estimate of drug-likeness (QED) is 0.620. The highest BCUT2D eigenvalue weighted by Gasteiger charge is 2.61. The molecule has 4 aliphatic rings. The van der Waals surface area contributed by atoms with E-state index in [1.807, 2.05) is 6.33 Å². The van der Waals surface area contributed by atoms with Gasteiger partial charge in [-0.2, -0.15) is 0 Å². The van der Waals surface area contributed by atoms with Crippen LogP contribution in [0.4, 0.5) is 0 Å². The number of fused-ring (bicyclic) bond motifs is 6. The van der Waals surface area contributed by atoms with Crippen LogP contribution in [0.1, 0.15) is 65.7 Å². The van der Waals surface area contributed by atoms with Crippen LogP contribution in [0.3, 0.4) is 0 Å². The third-order valence-corrected chi connectivity index (χ3v) is 10.1. The van der Waals surface area contributed by atoms with Gasteiger partial charge < -0.3 is 9.67 Å². The Morgan fingerprint density at radius 3 is 2.83 bits per heavy atom. The van der Waals surface area contributed by atoms with Gasteiger partial charge >= 0.3 is 0 Å². The zero-order chi connectivity index (χ0) is 20.7. The fourth-order valence-corrected chi connectivity index (χ4v) is 8.67. The molecule has 0 aliphatic heterocycles. The minimum Gasteiger partial charge on any atom is -0.393 e. The van der Waals surface area contributed by atoms with Crippen LogP contribution in [0.2, 0.25) is 0 Å². The molecule has 1 aromatic carbocycles. The molecule has 1 aromatic heterocycles. The zero-order valence-electron chi connectivity index (χ0n) is 18.7. The summed E-state index contributed by atoms with van der Waals surface area (Å²) in [6.45, 7) is 7.41. The third kappa shape index (κ3) is 2.45. The molecule has 30 heavy (non-hydrogen) atoms. The first kappa shape index (κ1) is 19.1. The SMILES string of the molecule is C[C@@H]1CC[C@@]2(C)C(CCC3C2C(O)C[C@]2(C)C(n4cnc5ccccc54)=CCC32)C1. The van der Waals surface area contributed by atoms with Crippen LogP contribution in [-0.4, -0.2) is 20.8 Å². The summed E-state index contributed by atoms with van der Waals surface area (Å²) < 4.78 is 2.32. The highest BCUT2D eigenvalue weighted by molar-refractivity contribution is 5.80. The first-order chi connectivity index (χ1) is 14.4. The van der Waals surface area contributed by atoms with Crippen LogP contribution in [-0.2, 0) is 0 Å². The normalized spacial score (nSPS) is 45.5. The minimum absolute atomic E-state index is 0.0369. The molecule has 0 bridgehead atoms. The van der Waals surface area contributed by atoms with Crippen molar-refractivity contribution in [1.82, 2.24) is 9.55 Å². The molecule has 6 rings (SSSR count). The van der Waals surface area contributed by atoms with Gasteiger partial charge in [-0.25, -0.2) is 4.98 Å². The number of allylic oxidation sites excluding steroid dienone is 2. The lowest BCUT2D eigenvalue weighted by Gasteiger charge is -2.62. The Labute approximate surface area is 180 Å². The lowest BCUT2D eigenvalue weighted by molar-refractivity contribution is -0.160. The van der Waals surface area contributed by atoms with Gasteiger partial charge in [0.25, 0.3) is 0 Å². The van der Waals surface area contributed by atoms with Gasteiger partial charge in [0.15, 0.2) is 0 Å². The molecule has 160 valence electrons.